The Kier molecular flexibility index (Phi) is 7.98. The average Bonchev–Trinajstić information content (AvgIpc) is 3.28. The second kappa shape index (κ2) is 9.53. The maximum atomic E-state index is 12.6. The van der Waals surface area contributed by atoms with Crippen molar-refractivity contribution in [2.45, 2.75) is 56.6 Å². The van der Waals surface area contributed by atoms with E-state index in [1.165, 1.54) is 0 Å². The fourth-order valence-corrected chi connectivity index (χ4v) is 5.80. The van der Waals surface area contributed by atoms with E-state index in [-0.39, 0.29) is 24.2 Å². The van der Waals surface area contributed by atoms with Crippen molar-refractivity contribution in [2.24, 2.45) is 11.8 Å². The average molecular weight is 394 g/mol. The number of carbonyl (C=O) groups excluding carboxylic acids is 1. The Hall–Kier alpha value is -0.370. The van der Waals surface area contributed by atoms with Gasteiger partial charge in [0.15, 0.2) is 0 Å². The number of rotatable bonds is 6. The SMILES string of the molecule is Cl.O=C(C1CCCC1)N1CCCC(S(=O)(=O)NCCC2CCNC2)C1. The number of nitrogens with zero attached hydrogens (tertiary/aromatic N) is 1. The van der Waals surface area contributed by atoms with Crippen LogP contribution in [-0.2, 0) is 14.8 Å². The molecule has 0 spiro atoms. The van der Waals surface area contributed by atoms with Gasteiger partial charge in [-0.2, -0.15) is 0 Å². The van der Waals surface area contributed by atoms with Crippen molar-refractivity contribution in [1.29, 1.82) is 0 Å². The van der Waals surface area contributed by atoms with Gasteiger partial charge in [-0.3, -0.25) is 4.79 Å². The largest absolute Gasteiger partial charge is 0.341 e. The minimum absolute atomic E-state index is 0. The molecule has 0 aromatic heterocycles. The van der Waals surface area contributed by atoms with Gasteiger partial charge < -0.3 is 10.2 Å². The monoisotopic (exact) mass is 393 g/mol. The highest BCUT2D eigenvalue weighted by atomic mass is 35.5. The minimum Gasteiger partial charge on any atom is -0.341 e. The predicted molar refractivity (Wildman–Crippen MR) is 101 cm³/mol. The molecule has 6 nitrogen and oxygen atoms in total. The number of piperidine rings is 1. The van der Waals surface area contributed by atoms with E-state index in [1.807, 2.05) is 4.90 Å². The predicted octanol–water partition coefficient (Wildman–Crippen LogP) is 1.51. The van der Waals surface area contributed by atoms with Crippen LogP contribution < -0.4 is 10.0 Å². The van der Waals surface area contributed by atoms with Crippen molar-refractivity contribution in [3.63, 3.8) is 0 Å². The maximum Gasteiger partial charge on any atom is 0.225 e. The van der Waals surface area contributed by atoms with Gasteiger partial charge >= 0.3 is 0 Å². The summed E-state index contributed by atoms with van der Waals surface area (Å²) in [6, 6.07) is 0. The summed E-state index contributed by atoms with van der Waals surface area (Å²) in [7, 11) is -3.33. The van der Waals surface area contributed by atoms with Gasteiger partial charge in [0, 0.05) is 25.6 Å². The summed E-state index contributed by atoms with van der Waals surface area (Å²) in [4.78, 5) is 14.4. The third kappa shape index (κ3) is 5.55. The first kappa shape index (κ1) is 20.9. The Morgan fingerprint density at radius 3 is 2.56 bits per heavy atom. The molecule has 3 fully saturated rings. The van der Waals surface area contributed by atoms with Gasteiger partial charge in [-0.25, -0.2) is 13.1 Å². The fourth-order valence-electron chi connectivity index (χ4n) is 4.31. The van der Waals surface area contributed by atoms with E-state index >= 15 is 0 Å². The van der Waals surface area contributed by atoms with Gasteiger partial charge in [0.2, 0.25) is 15.9 Å². The molecule has 2 unspecified atom stereocenters. The van der Waals surface area contributed by atoms with Gasteiger partial charge in [-0.1, -0.05) is 12.8 Å². The number of amides is 1. The van der Waals surface area contributed by atoms with E-state index < -0.39 is 15.3 Å². The number of halogens is 1. The summed E-state index contributed by atoms with van der Waals surface area (Å²) in [5.74, 6) is 0.901. The molecular formula is C17H32ClN3O3S. The number of carbonyl (C=O) groups is 1. The zero-order valence-corrected chi connectivity index (χ0v) is 16.5. The fraction of sp³-hybridized carbons (Fsp3) is 0.941. The molecule has 25 heavy (non-hydrogen) atoms. The van der Waals surface area contributed by atoms with Crippen molar-refractivity contribution >= 4 is 28.3 Å². The molecule has 2 N–H and O–H groups in total. The normalized spacial score (nSPS) is 28.1. The highest BCUT2D eigenvalue weighted by molar-refractivity contribution is 7.90. The van der Waals surface area contributed by atoms with Crippen molar-refractivity contribution in [3.05, 3.63) is 0 Å². The minimum atomic E-state index is -3.33. The zero-order chi connectivity index (χ0) is 17.0. The van der Waals surface area contributed by atoms with Crippen LogP contribution in [0.4, 0.5) is 0 Å². The van der Waals surface area contributed by atoms with Crippen LogP contribution in [0.15, 0.2) is 0 Å². The molecule has 1 aliphatic carbocycles. The molecule has 3 rings (SSSR count). The van der Waals surface area contributed by atoms with E-state index in [0.717, 1.165) is 64.6 Å². The first-order chi connectivity index (χ1) is 11.6. The van der Waals surface area contributed by atoms with Gasteiger partial charge in [-0.15, -0.1) is 12.4 Å². The van der Waals surface area contributed by atoms with Crippen LogP contribution in [0.3, 0.4) is 0 Å². The molecular weight excluding hydrogens is 362 g/mol. The van der Waals surface area contributed by atoms with E-state index in [0.29, 0.717) is 25.4 Å². The van der Waals surface area contributed by atoms with E-state index in [2.05, 4.69) is 10.0 Å². The molecule has 0 aromatic carbocycles. The van der Waals surface area contributed by atoms with Crippen LogP contribution in [0, 0.1) is 11.8 Å². The summed E-state index contributed by atoms with van der Waals surface area (Å²) in [6.45, 7) is 3.64. The first-order valence-corrected chi connectivity index (χ1v) is 11.1. The lowest BCUT2D eigenvalue weighted by molar-refractivity contribution is -0.136. The molecule has 2 aliphatic heterocycles. The summed E-state index contributed by atoms with van der Waals surface area (Å²) >= 11 is 0. The van der Waals surface area contributed by atoms with E-state index in [9.17, 15) is 13.2 Å². The molecule has 2 atom stereocenters. The molecule has 1 amide bonds. The summed E-state index contributed by atoms with van der Waals surface area (Å²) in [6.07, 6.45) is 7.68. The van der Waals surface area contributed by atoms with Gasteiger partial charge in [0.25, 0.3) is 0 Å². The third-order valence-electron chi connectivity index (χ3n) is 5.85. The quantitative estimate of drug-likeness (QED) is 0.716. The molecule has 8 heteroatoms. The highest BCUT2D eigenvalue weighted by Gasteiger charge is 2.35. The number of likely N-dealkylation sites (tertiary alicyclic amines) is 1. The Bertz CT molecular complexity index is 531. The summed E-state index contributed by atoms with van der Waals surface area (Å²) in [5, 5.41) is 2.86. The summed E-state index contributed by atoms with van der Waals surface area (Å²) < 4.78 is 28.0. The molecule has 0 radical (unpaired) electrons. The zero-order valence-electron chi connectivity index (χ0n) is 14.9. The van der Waals surface area contributed by atoms with Gasteiger partial charge in [0.05, 0.1) is 5.25 Å². The molecule has 2 heterocycles. The number of nitrogens with one attached hydrogen (secondary N) is 2. The van der Waals surface area contributed by atoms with E-state index in [1.54, 1.807) is 0 Å². The van der Waals surface area contributed by atoms with Crippen LogP contribution in [0.5, 0.6) is 0 Å². The van der Waals surface area contributed by atoms with Crippen LogP contribution in [0.1, 0.15) is 51.4 Å². The number of hydrogen-bond acceptors (Lipinski definition) is 4. The van der Waals surface area contributed by atoms with Gasteiger partial charge in [0.1, 0.15) is 0 Å². The number of hydrogen-bond donors (Lipinski definition) is 2. The van der Waals surface area contributed by atoms with Crippen molar-refractivity contribution in [2.75, 3.05) is 32.7 Å². The lowest BCUT2D eigenvalue weighted by atomic mass is 10.0. The molecule has 2 saturated heterocycles. The topological polar surface area (TPSA) is 78.5 Å². The highest BCUT2D eigenvalue weighted by Crippen LogP contribution is 2.28. The van der Waals surface area contributed by atoms with Crippen molar-refractivity contribution < 1.29 is 13.2 Å². The Morgan fingerprint density at radius 1 is 1.12 bits per heavy atom. The van der Waals surface area contributed by atoms with Gasteiger partial charge in [-0.05, 0) is 57.5 Å². The van der Waals surface area contributed by atoms with Crippen LogP contribution in [0.2, 0.25) is 0 Å². The van der Waals surface area contributed by atoms with E-state index in [4.69, 9.17) is 0 Å². The second-order valence-electron chi connectivity index (χ2n) is 7.62. The number of sulfonamides is 1. The Balaban J connectivity index is 0.00000225. The van der Waals surface area contributed by atoms with Crippen LogP contribution >= 0.6 is 12.4 Å². The smallest absolute Gasteiger partial charge is 0.225 e. The van der Waals surface area contributed by atoms with Crippen molar-refractivity contribution in [3.8, 4) is 0 Å². The molecule has 1 saturated carbocycles. The first-order valence-electron chi connectivity index (χ1n) is 9.54. The Morgan fingerprint density at radius 2 is 1.88 bits per heavy atom. The second-order valence-corrected chi connectivity index (χ2v) is 9.66. The standard InChI is InChI=1S/C17H31N3O3S.ClH/c21-17(15-4-1-2-5-15)20-11-3-6-16(13-20)24(22,23)19-10-8-14-7-9-18-12-14;/h14-16,18-19H,1-13H2;1H. The maximum absolute atomic E-state index is 12.6. The lowest BCUT2D eigenvalue weighted by Crippen LogP contribution is -2.49. The Labute approximate surface area is 157 Å². The summed E-state index contributed by atoms with van der Waals surface area (Å²) in [5.41, 5.74) is 0. The lowest BCUT2D eigenvalue weighted by Gasteiger charge is -2.34. The van der Waals surface area contributed by atoms with Crippen molar-refractivity contribution in [1.82, 2.24) is 14.9 Å². The molecule has 3 aliphatic rings. The molecule has 146 valence electrons. The molecule has 0 aromatic rings. The van der Waals surface area contributed by atoms with Crippen LogP contribution in [-0.4, -0.2) is 57.2 Å². The molecule has 0 bridgehead atoms. The third-order valence-corrected chi connectivity index (χ3v) is 7.72. The van der Waals surface area contributed by atoms with Crippen LogP contribution in [0.25, 0.3) is 0 Å².